The highest BCUT2D eigenvalue weighted by Gasteiger charge is 2.27. The summed E-state index contributed by atoms with van der Waals surface area (Å²) in [6.07, 6.45) is 1.50. The molecule has 2 unspecified atom stereocenters. The Bertz CT molecular complexity index is 1290. The van der Waals surface area contributed by atoms with E-state index in [4.69, 9.17) is 9.47 Å². The molecule has 0 aliphatic rings. The zero-order valence-electron chi connectivity index (χ0n) is 19.2. The van der Waals surface area contributed by atoms with Gasteiger partial charge in [-0.1, -0.05) is 92.6 Å². The predicted octanol–water partition coefficient (Wildman–Crippen LogP) is 7.71. The molecule has 0 fully saturated rings. The molecule has 0 bridgehead atoms. The maximum Gasteiger partial charge on any atom is 0.315 e. The van der Waals surface area contributed by atoms with Crippen LogP contribution in [0.2, 0.25) is 0 Å². The first-order valence-corrected chi connectivity index (χ1v) is 11.6. The summed E-state index contributed by atoms with van der Waals surface area (Å²) in [5, 5.41) is 12.0. The van der Waals surface area contributed by atoms with E-state index in [0.717, 1.165) is 29.2 Å². The van der Waals surface area contributed by atoms with Gasteiger partial charge in [0.15, 0.2) is 0 Å². The zero-order chi connectivity index (χ0) is 23.8. The lowest BCUT2D eigenvalue weighted by Crippen LogP contribution is -2.19. The number of unbranched alkanes of at least 4 members (excludes halogenated alkanes) is 1. The Hall–Kier alpha value is -4.10. The van der Waals surface area contributed by atoms with Gasteiger partial charge in [0.05, 0.1) is 5.92 Å². The molecule has 4 nitrogen and oxygen atoms in total. The van der Waals surface area contributed by atoms with Crippen LogP contribution in [0.25, 0.3) is 10.8 Å². The van der Waals surface area contributed by atoms with E-state index in [2.05, 4.69) is 13.0 Å². The van der Waals surface area contributed by atoms with Crippen molar-refractivity contribution in [1.29, 1.82) is 5.26 Å². The number of esters is 1. The van der Waals surface area contributed by atoms with Gasteiger partial charge in [-0.25, -0.2) is 0 Å². The summed E-state index contributed by atoms with van der Waals surface area (Å²) in [7, 11) is 0. The number of nitrogens with zero attached hydrogens (tertiary/aromatic N) is 1. The first kappa shape index (κ1) is 23.1. The quantitative estimate of drug-likeness (QED) is 0.246. The van der Waals surface area contributed by atoms with Crippen LogP contribution in [0.5, 0.6) is 11.5 Å². The van der Waals surface area contributed by atoms with Crippen molar-refractivity contribution in [2.24, 2.45) is 0 Å². The van der Waals surface area contributed by atoms with Crippen LogP contribution in [0.3, 0.4) is 0 Å². The SMILES string of the molecule is CCCCC(C(=O)OC(C#N)c1cccc(Oc2ccccc2)c1)c1cccc2ccccc12. The Balaban J connectivity index is 1.58. The lowest BCUT2D eigenvalue weighted by Gasteiger charge is -2.20. The number of para-hydroxylation sites is 1. The van der Waals surface area contributed by atoms with Crippen LogP contribution in [0.1, 0.15) is 49.3 Å². The van der Waals surface area contributed by atoms with E-state index in [1.165, 1.54) is 0 Å². The fraction of sp³-hybridized carbons (Fsp3) is 0.200. The Morgan fingerprint density at radius 1 is 0.882 bits per heavy atom. The summed E-state index contributed by atoms with van der Waals surface area (Å²) < 4.78 is 11.7. The minimum absolute atomic E-state index is 0.384. The van der Waals surface area contributed by atoms with Gasteiger partial charge in [0.2, 0.25) is 6.10 Å². The van der Waals surface area contributed by atoms with Crippen molar-refractivity contribution in [3.05, 3.63) is 108 Å². The summed E-state index contributed by atoms with van der Waals surface area (Å²) in [6, 6.07) is 32.7. The number of rotatable bonds is 9. The Morgan fingerprint density at radius 2 is 1.59 bits per heavy atom. The Kier molecular flexibility index (Phi) is 7.57. The topological polar surface area (TPSA) is 59.3 Å². The van der Waals surface area contributed by atoms with E-state index in [1.54, 1.807) is 18.2 Å². The number of hydrogen-bond acceptors (Lipinski definition) is 4. The summed E-state index contributed by atoms with van der Waals surface area (Å²) in [4.78, 5) is 13.4. The van der Waals surface area contributed by atoms with Crippen LogP contribution in [0.4, 0.5) is 0 Å². The van der Waals surface area contributed by atoms with Crippen LogP contribution in [0, 0.1) is 11.3 Å². The smallest absolute Gasteiger partial charge is 0.315 e. The molecule has 0 heterocycles. The number of carbonyl (C=O) groups excluding carboxylic acids is 1. The second-order valence-corrected chi connectivity index (χ2v) is 8.20. The number of benzene rings is 4. The van der Waals surface area contributed by atoms with Crippen LogP contribution >= 0.6 is 0 Å². The minimum atomic E-state index is -1.02. The van der Waals surface area contributed by atoms with Crippen LogP contribution in [0.15, 0.2) is 97.1 Å². The van der Waals surface area contributed by atoms with Crippen LogP contribution < -0.4 is 4.74 Å². The molecule has 0 aromatic heterocycles. The van der Waals surface area contributed by atoms with Gasteiger partial charge in [0.25, 0.3) is 0 Å². The molecule has 34 heavy (non-hydrogen) atoms. The third-order valence-corrected chi connectivity index (χ3v) is 5.82. The molecular formula is C30H27NO3. The van der Waals surface area contributed by atoms with E-state index in [-0.39, 0.29) is 5.97 Å². The maximum absolute atomic E-state index is 13.4. The molecule has 0 radical (unpaired) electrons. The molecule has 2 atom stereocenters. The molecular weight excluding hydrogens is 422 g/mol. The van der Waals surface area contributed by atoms with Gasteiger partial charge in [-0.3, -0.25) is 4.79 Å². The van der Waals surface area contributed by atoms with Crippen molar-refractivity contribution >= 4 is 16.7 Å². The summed E-state index contributed by atoms with van der Waals surface area (Å²) >= 11 is 0. The molecule has 0 saturated carbocycles. The third kappa shape index (κ3) is 5.44. The standard InChI is InChI=1S/C30H27NO3/c1-2-3-17-28(27-19-10-12-22-11-7-8-18-26(22)27)30(32)34-29(21-31)23-13-9-16-25(20-23)33-24-14-5-4-6-15-24/h4-16,18-20,28-29H,2-3,17H2,1H3. The monoisotopic (exact) mass is 449 g/mol. The molecule has 4 heteroatoms. The molecule has 0 N–H and O–H groups in total. The van der Waals surface area contributed by atoms with Crippen molar-refractivity contribution in [2.45, 2.75) is 38.2 Å². The Morgan fingerprint density at radius 3 is 2.38 bits per heavy atom. The van der Waals surface area contributed by atoms with E-state index < -0.39 is 12.0 Å². The van der Waals surface area contributed by atoms with Gasteiger partial charge in [0.1, 0.15) is 17.6 Å². The summed E-state index contributed by atoms with van der Waals surface area (Å²) in [5.74, 6) is 0.453. The van der Waals surface area contributed by atoms with Crippen molar-refractivity contribution in [3.8, 4) is 17.6 Å². The van der Waals surface area contributed by atoms with Gasteiger partial charge in [-0.2, -0.15) is 5.26 Å². The van der Waals surface area contributed by atoms with Crippen molar-refractivity contribution < 1.29 is 14.3 Å². The maximum atomic E-state index is 13.4. The molecule has 0 aliphatic heterocycles. The number of carbonyl (C=O) groups is 1. The van der Waals surface area contributed by atoms with Gasteiger partial charge < -0.3 is 9.47 Å². The molecule has 170 valence electrons. The molecule has 4 rings (SSSR count). The average Bonchev–Trinajstić information content (AvgIpc) is 2.88. The largest absolute Gasteiger partial charge is 0.457 e. The van der Waals surface area contributed by atoms with Crippen LogP contribution in [-0.4, -0.2) is 5.97 Å². The van der Waals surface area contributed by atoms with Gasteiger partial charge in [-0.05, 0) is 47.0 Å². The average molecular weight is 450 g/mol. The highest BCUT2D eigenvalue weighted by Crippen LogP contribution is 2.33. The van der Waals surface area contributed by atoms with E-state index in [9.17, 15) is 10.1 Å². The second kappa shape index (κ2) is 11.2. The van der Waals surface area contributed by atoms with E-state index >= 15 is 0 Å². The van der Waals surface area contributed by atoms with Crippen molar-refractivity contribution in [3.63, 3.8) is 0 Å². The van der Waals surface area contributed by atoms with Crippen molar-refractivity contribution in [1.82, 2.24) is 0 Å². The van der Waals surface area contributed by atoms with Crippen molar-refractivity contribution in [2.75, 3.05) is 0 Å². The lowest BCUT2D eigenvalue weighted by atomic mass is 9.89. The first-order chi connectivity index (χ1) is 16.7. The fourth-order valence-corrected chi connectivity index (χ4v) is 4.10. The molecule has 4 aromatic carbocycles. The van der Waals surface area contributed by atoms with Gasteiger partial charge >= 0.3 is 5.97 Å². The molecule has 4 aromatic rings. The fourth-order valence-electron chi connectivity index (χ4n) is 4.10. The van der Waals surface area contributed by atoms with Crippen LogP contribution in [-0.2, 0) is 9.53 Å². The van der Waals surface area contributed by atoms with Gasteiger partial charge in [0, 0.05) is 5.56 Å². The second-order valence-electron chi connectivity index (χ2n) is 8.20. The number of nitriles is 1. The van der Waals surface area contributed by atoms with Gasteiger partial charge in [-0.15, -0.1) is 0 Å². The normalized spacial score (nSPS) is 12.5. The lowest BCUT2D eigenvalue weighted by molar-refractivity contribution is -0.149. The summed E-state index contributed by atoms with van der Waals surface area (Å²) in [5.41, 5.74) is 1.52. The highest BCUT2D eigenvalue weighted by atomic mass is 16.5. The zero-order valence-corrected chi connectivity index (χ0v) is 19.2. The third-order valence-electron chi connectivity index (χ3n) is 5.82. The number of ether oxygens (including phenoxy) is 2. The summed E-state index contributed by atoms with van der Waals surface area (Å²) in [6.45, 7) is 2.10. The molecule has 0 aliphatic carbocycles. The minimum Gasteiger partial charge on any atom is -0.457 e. The van der Waals surface area contributed by atoms with E-state index in [1.807, 2.05) is 78.9 Å². The van der Waals surface area contributed by atoms with E-state index in [0.29, 0.717) is 23.5 Å². The molecule has 0 saturated heterocycles. The predicted molar refractivity (Wildman–Crippen MR) is 134 cm³/mol. The highest BCUT2D eigenvalue weighted by molar-refractivity contribution is 5.91. The number of fused-ring (bicyclic) bond motifs is 1. The molecule has 0 spiro atoms. The number of hydrogen-bond donors (Lipinski definition) is 0. The Labute approximate surface area is 200 Å². The first-order valence-electron chi connectivity index (χ1n) is 11.6. The molecule has 0 amide bonds.